The van der Waals surface area contributed by atoms with Crippen LogP contribution < -0.4 is 0 Å². The minimum atomic E-state index is -1.07. The van der Waals surface area contributed by atoms with E-state index in [2.05, 4.69) is 0 Å². The Morgan fingerprint density at radius 1 is 1.05 bits per heavy atom. The van der Waals surface area contributed by atoms with Gasteiger partial charge in [0.15, 0.2) is 0 Å². The van der Waals surface area contributed by atoms with Crippen LogP contribution in [0.2, 0.25) is 0 Å². The smallest absolute Gasteiger partial charge is 0.413 e. The Kier molecular flexibility index (Phi) is 6.87. The fourth-order valence-electron chi connectivity index (χ4n) is 6.63. The molecule has 0 bridgehead atoms. The molecule has 2 unspecified atom stereocenters. The van der Waals surface area contributed by atoms with Gasteiger partial charge in [-0.3, -0.25) is 19.3 Å². The summed E-state index contributed by atoms with van der Waals surface area (Å²) in [5, 5.41) is 0. The van der Waals surface area contributed by atoms with E-state index in [1.165, 1.54) is 4.90 Å². The Morgan fingerprint density at radius 3 is 2.39 bits per heavy atom. The van der Waals surface area contributed by atoms with Gasteiger partial charge < -0.3 is 24.2 Å². The van der Waals surface area contributed by atoms with Crippen molar-refractivity contribution in [3.05, 3.63) is 35.9 Å². The highest BCUT2D eigenvalue weighted by atomic mass is 16.6. The van der Waals surface area contributed by atoms with Crippen molar-refractivity contribution in [3.63, 3.8) is 0 Å². The molecule has 0 aliphatic carbocycles. The van der Waals surface area contributed by atoms with E-state index in [1.807, 2.05) is 37.3 Å². The first-order chi connectivity index (χ1) is 18.0. The lowest BCUT2D eigenvalue weighted by atomic mass is 9.85. The van der Waals surface area contributed by atoms with E-state index in [9.17, 15) is 19.2 Å². The van der Waals surface area contributed by atoms with Crippen LogP contribution in [0.4, 0.5) is 4.79 Å². The molecule has 4 aliphatic rings. The quantitative estimate of drug-likeness (QED) is 0.547. The molecule has 5 rings (SSSR count). The van der Waals surface area contributed by atoms with Gasteiger partial charge in [0.05, 0.1) is 19.2 Å². The standard InChI is InChI=1S/C28H38N4O6/c1-19-12-13-28(18-30(25(28)35)16-22(33)29-14-8-9-15-29)31(19)24(34)23-20(2)38-27(3,4)32(23)26(36)37-17-21-10-6-5-7-11-21/h5-7,10-11,19-20,23H,8-9,12-18H2,1-4H3/t19?,20-,23+,28?/m1/s1. The summed E-state index contributed by atoms with van der Waals surface area (Å²) in [4.78, 5) is 60.1. The Balaban J connectivity index is 1.32. The molecule has 4 aliphatic heterocycles. The Bertz CT molecular complexity index is 1100. The van der Waals surface area contributed by atoms with Crippen molar-refractivity contribution in [2.75, 3.05) is 26.2 Å². The molecular formula is C28H38N4O6. The summed E-state index contributed by atoms with van der Waals surface area (Å²) in [6.07, 6.45) is 1.97. The lowest BCUT2D eigenvalue weighted by molar-refractivity contribution is -0.173. The summed E-state index contributed by atoms with van der Waals surface area (Å²) in [6, 6.07) is 8.24. The second-order valence-corrected chi connectivity index (χ2v) is 11.5. The zero-order valence-corrected chi connectivity index (χ0v) is 22.7. The van der Waals surface area contributed by atoms with Gasteiger partial charge >= 0.3 is 6.09 Å². The zero-order valence-electron chi connectivity index (χ0n) is 22.7. The molecule has 0 saturated carbocycles. The van der Waals surface area contributed by atoms with Gasteiger partial charge in [-0.05, 0) is 58.9 Å². The van der Waals surface area contributed by atoms with Crippen LogP contribution in [-0.4, -0.2) is 99.0 Å². The molecule has 4 fully saturated rings. The molecule has 206 valence electrons. The highest BCUT2D eigenvalue weighted by Gasteiger charge is 2.64. The van der Waals surface area contributed by atoms with Crippen molar-refractivity contribution < 1.29 is 28.7 Å². The molecule has 10 nitrogen and oxygen atoms in total. The molecular weight excluding hydrogens is 488 g/mol. The van der Waals surface area contributed by atoms with E-state index in [0.29, 0.717) is 19.4 Å². The summed E-state index contributed by atoms with van der Waals surface area (Å²) in [7, 11) is 0. The maximum atomic E-state index is 14.2. The summed E-state index contributed by atoms with van der Waals surface area (Å²) >= 11 is 0. The van der Waals surface area contributed by atoms with Crippen LogP contribution in [0.15, 0.2) is 30.3 Å². The van der Waals surface area contributed by atoms with Gasteiger partial charge in [0.2, 0.25) is 11.8 Å². The topological polar surface area (TPSA) is 99.7 Å². The lowest BCUT2D eigenvalue weighted by Crippen LogP contribution is -2.75. The number of amides is 4. The molecule has 1 spiro atoms. The number of rotatable bonds is 5. The van der Waals surface area contributed by atoms with E-state index in [0.717, 1.165) is 31.5 Å². The van der Waals surface area contributed by atoms with Crippen molar-refractivity contribution in [3.8, 4) is 0 Å². The van der Waals surface area contributed by atoms with Gasteiger partial charge in [0, 0.05) is 19.1 Å². The summed E-state index contributed by atoms with van der Waals surface area (Å²) in [5.41, 5.74) is -1.21. The fraction of sp³-hybridized carbons (Fsp3) is 0.643. The number of hydrogen-bond donors (Lipinski definition) is 0. The summed E-state index contributed by atoms with van der Waals surface area (Å²) in [6.45, 7) is 9.10. The average Bonchev–Trinajstić information content (AvgIpc) is 3.59. The van der Waals surface area contributed by atoms with Crippen molar-refractivity contribution >= 4 is 23.8 Å². The Morgan fingerprint density at radius 2 is 1.74 bits per heavy atom. The number of β-lactam (4-membered cyclic amide) rings is 1. The second-order valence-electron chi connectivity index (χ2n) is 11.5. The molecule has 38 heavy (non-hydrogen) atoms. The van der Waals surface area contributed by atoms with Gasteiger partial charge in [-0.25, -0.2) is 4.79 Å². The molecule has 4 saturated heterocycles. The first-order valence-corrected chi connectivity index (χ1v) is 13.6. The number of hydrogen-bond acceptors (Lipinski definition) is 6. The van der Waals surface area contributed by atoms with Crippen LogP contribution >= 0.6 is 0 Å². The zero-order chi connectivity index (χ0) is 27.2. The van der Waals surface area contributed by atoms with Crippen LogP contribution in [0.3, 0.4) is 0 Å². The van der Waals surface area contributed by atoms with Gasteiger partial charge in [-0.2, -0.15) is 0 Å². The Labute approximate surface area is 223 Å². The fourth-order valence-corrected chi connectivity index (χ4v) is 6.63. The van der Waals surface area contributed by atoms with Crippen LogP contribution in [0.5, 0.6) is 0 Å². The van der Waals surface area contributed by atoms with Crippen LogP contribution in [0.1, 0.15) is 58.9 Å². The van der Waals surface area contributed by atoms with Crippen molar-refractivity contribution in [1.29, 1.82) is 0 Å². The predicted octanol–water partition coefficient (Wildman–Crippen LogP) is 2.36. The third-order valence-electron chi connectivity index (χ3n) is 8.47. The van der Waals surface area contributed by atoms with Crippen LogP contribution in [0, 0.1) is 0 Å². The number of nitrogens with zero attached hydrogens (tertiary/aromatic N) is 4. The highest BCUT2D eigenvalue weighted by molar-refractivity contribution is 6.01. The SMILES string of the molecule is CC1CCC2(CN(CC(=O)N3CCCC3)C2=O)N1C(=O)[C@@H]1[C@@H](C)OC(C)(C)N1C(=O)OCc1ccccc1. The molecule has 0 N–H and O–H groups in total. The van der Waals surface area contributed by atoms with E-state index in [1.54, 1.807) is 35.5 Å². The number of ether oxygens (including phenoxy) is 2. The molecule has 4 heterocycles. The predicted molar refractivity (Wildman–Crippen MR) is 138 cm³/mol. The van der Waals surface area contributed by atoms with Gasteiger partial charge in [0.1, 0.15) is 23.9 Å². The van der Waals surface area contributed by atoms with Crippen LogP contribution in [0.25, 0.3) is 0 Å². The van der Waals surface area contributed by atoms with E-state index in [4.69, 9.17) is 9.47 Å². The largest absolute Gasteiger partial charge is 0.444 e. The lowest BCUT2D eigenvalue weighted by Gasteiger charge is -2.52. The molecule has 4 atom stereocenters. The third kappa shape index (κ3) is 4.42. The first kappa shape index (κ1) is 26.5. The van der Waals surface area contributed by atoms with Crippen LogP contribution in [-0.2, 0) is 30.5 Å². The Hall–Kier alpha value is -3.14. The van der Waals surface area contributed by atoms with Gasteiger partial charge in [-0.1, -0.05) is 30.3 Å². The van der Waals surface area contributed by atoms with E-state index in [-0.39, 0.29) is 36.9 Å². The van der Waals surface area contributed by atoms with Crippen molar-refractivity contribution in [2.24, 2.45) is 0 Å². The molecule has 4 amide bonds. The molecule has 10 heteroatoms. The molecule has 1 aromatic carbocycles. The maximum Gasteiger partial charge on any atom is 0.413 e. The van der Waals surface area contributed by atoms with Crippen molar-refractivity contribution in [1.82, 2.24) is 19.6 Å². The monoisotopic (exact) mass is 526 g/mol. The second kappa shape index (κ2) is 9.87. The summed E-state index contributed by atoms with van der Waals surface area (Å²) < 4.78 is 11.7. The number of carbonyl (C=O) groups excluding carboxylic acids is 4. The third-order valence-corrected chi connectivity index (χ3v) is 8.47. The minimum absolute atomic E-state index is 0.0403. The maximum absolute atomic E-state index is 14.2. The average molecular weight is 527 g/mol. The highest BCUT2D eigenvalue weighted by Crippen LogP contribution is 2.44. The number of likely N-dealkylation sites (tertiary alicyclic amines) is 3. The number of benzene rings is 1. The van der Waals surface area contributed by atoms with Crippen molar-refractivity contribution in [2.45, 2.75) is 89.4 Å². The number of carbonyl (C=O) groups is 4. The first-order valence-electron chi connectivity index (χ1n) is 13.6. The summed E-state index contributed by atoms with van der Waals surface area (Å²) in [5.74, 6) is -0.545. The molecule has 1 aromatic rings. The normalized spacial score (nSPS) is 30.2. The molecule has 0 radical (unpaired) electrons. The minimum Gasteiger partial charge on any atom is -0.444 e. The van der Waals surface area contributed by atoms with Gasteiger partial charge in [0.25, 0.3) is 5.91 Å². The van der Waals surface area contributed by atoms with E-state index < -0.39 is 29.5 Å². The van der Waals surface area contributed by atoms with E-state index >= 15 is 0 Å². The molecule has 0 aromatic heterocycles. The van der Waals surface area contributed by atoms with Gasteiger partial charge in [-0.15, -0.1) is 0 Å².